The zero-order valence-electron chi connectivity index (χ0n) is 15.5. The van der Waals surface area contributed by atoms with Crippen molar-refractivity contribution in [3.05, 3.63) is 77.1 Å². The topological polar surface area (TPSA) is 60.2 Å². The molecule has 28 heavy (non-hydrogen) atoms. The summed E-state index contributed by atoms with van der Waals surface area (Å²) >= 11 is 0. The molecule has 2 heterocycles. The van der Waals surface area contributed by atoms with Crippen molar-refractivity contribution in [3.8, 4) is 0 Å². The number of aromatic nitrogens is 1. The maximum Gasteiger partial charge on any atom is 0.251 e. The van der Waals surface area contributed by atoms with E-state index in [9.17, 15) is 13.6 Å². The van der Waals surface area contributed by atoms with Crippen molar-refractivity contribution in [3.63, 3.8) is 0 Å². The first-order valence-corrected chi connectivity index (χ1v) is 8.94. The van der Waals surface area contributed by atoms with Gasteiger partial charge in [0.25, 0.3) is 5.91 Å². The fourth-order valence-electron chi connectivity index (χ4n) is 3.40. The summed E-state index contributed by atoms with van der Waals surface area (Å²) in [5, 5.41) is 7.35. The van der Waals surface area contributed by atoms with Gasteiger partial charge in [0.2, 0.25) is 0 Å². The van der Waals surface area contributed by atoms with Crippen LogP contribution >= 0.6 is 0 Å². The van der Waals surface area contributed by atoms with Crippen LogP contribution in [0.3, 0.4) is 0 Å². The van der Waals surface area contributed by atoms with Gasteiger partial charge in [-0.1, -0.05) is 6.07 Å². The van der Waals surface area contributed by atoms with Crippen molar-refractivity contribution >= 4 is 22.5 Å². The molecule has 7 heteroatoms. The minimum Gasteiger partial charge on any atom is -0.361 e. The zero-order valence-corrected chi connectivity index (χ0v) is 15.5. The first-order valence-electron chi connectivity index (χ1n) is 8.94. The molecule has 1 aliphatic heterocycles. The average Bonchev–Trinajstić information content (AvgIpc) is 3.14. The Kier molecular flexibility index (Phi) is 4.50. The number of H-pyrrole nitrogens is 1. The summed E-state index contributed by atoms with van der Waals surface area (Å²) in [5.41, 5.74) is 4.10. The molecule has 1 atom stereocenters. The molecule has 0 saturated carbocycles. The second kappa shape index (κ2) is 6.99. The standard InChI is InChI=1S/C21H20F2N4O/c1-12-10-27(11-14-3-4-16(22)17(23)9-14)21(26-20(12)28)25-18-5-6-19-15(13(18)2)7-8-24-19/h3-10,21,24-25H,11H2,1-2H3,(H,26,28). The van der Waals surface area contributed by atoms with E-state index < -0.39 is 17.9 Å². The lowest BCUT2D eigenvalue weighted by molar-refractivity contribution is -0.119. The van der Waals surface area contributed by atoms with Gasteiger partial charge >= 0.3 is 0 Å². The number of hydrogen-bond acceptors (Lipinski definition) is 3. The molecule has 4 rings (SSSR count). The number of nitrogens with one attached hydrogen (secondary N) is 3. The SMILES string of the molecule is CC1=CN(Cc2ccc(F)c(F)c2)C(Nc2ccc3[nH]ccc3c2C)NC1=O. The van der Waals surface area contributed by atoms with E-state index in [1.807, 2.05) is 36.2 Å². The van der Waals surface area contributed by atoms with E-state index in [1.54, 1.807) is 13.1 Å². The van der Waals surface area contributed by atoms with Gasteiger partial charge in [-0.15, -0.1) is 0 Å². The third kappa shape index (κ3) is 3.31. The Hall–Kier alpha value is -3.35. The normalized spacial score (nSPS) is 16.9. The Morgan fingerprint density at radius 3 is 2.71 bits per heavy atom. The molecule has 1 aromatic heterocycles. The lowest BCUT2D eigenvalue weighted by atomic mass is 10.1. The summed E-state index contributed by atoms with van der Waals surface area (Å²) in [6.07, 6.45) is 3.08. The van der Waals surface area contributed by atoms with E-state index in [4.69, 9.17) is 0 Å². The summed E-state index contributed by atoms with van der Waals surface area (Å²) < 4.78 is 26.8. The predicted molar refractivity (Wildman–Crippen MR) is 104 cm³/mol. The summed E-state index contributed by atoms with van der Waals surface area (Å²) in [6.45, 7) is 4.02. The summed E-state index contributed by atoms with van der Waals surface area (Å²) in [7, 11) is 0. The fraction of sp³-hybridized carbons (Fsp3) is 0.190. The Bertz CT molecular complexity index is 1090. The Morgan fingerprint density at radius 2 is 1.93 bits per heavy atom. The third-order valence-corrected chi connectivity index (χ3v) is 4.96. The van der Waals surface area contributed by atoms with Crippen LogP contribution in [0, 0.1) is 18.6 Å². The number of benzene rings is 2. The molecule has 0 saturated heterocycles. The third-order valence-electron chi connectivity index (χ3n) is 4.96. The van der Waals surface area contributed by atoms with Crippen LogP contribution in [0.4, 0.5) is 14.5 Å². The van der Waals surface area contributed by atoms with Gasteiger partial charge in [-0.2, -0.15) is 0 Å². The van der Waals surface area contributed by atoms with Crippen LogP contribution in [-0.2, 0) is 11.3 Å². The van der Waals surface area contributed by atoms with Gasteiger partial charge < -0.3 is 20.5 Å². The number of hydrogen-bond donors (Lipinski definition) is 3. The highest BCUT2D eigenvalue weighted by atomic mass is 19.2. The van der Waals surface area contributed by atoms with Crippen LogP contribution in [0.2, 0.25) is 0 Å². The molecule has 0 aliphatic carbocycles. The van der Waals surface area contributed by atoms with Crippen LogP contribution in [0.1, 0.15) is 18.1 Å². The van der Waals surface area contributed by atoms with Gasteiger partial charge in [0, 0.05) is 41.1 Å². The van der Waals surface area contributed by atoms with Gasteiger partial charge in [0.05, 0.1) is 0 Å². The number of amides is 1. The van der Waals surface area contributed by atoms with E-state index >= 15 is 0 Å². The van der Waals surface area contributed by atoms with Gasteiger partial charge in [0.15, 0.2) is 17.9 Å². The van der Waals surface area contributed by atoms with E-state index in [-0.39, 0.29) is 5.91 Å². The number of nitrogens with zero attached hydrogens (tertiary/aromatic N) is 1. The zero-order chi connectivity index (χ0) is 19.8. The van der Waals surface area contributed by atoms with Crippen LogP contribution < -0.4 is 10.6 Å². The second-order valence-corrected chi connectivity index (χ2v) is 6.93. The monoisotopic (exact) mass is 382 g/mol. The quantitative estimate of drug-likeness (QED) is 0.640. The molecule has 0 bridgehead atoms. The van der Waals surface area contributed by atoms with Crippen molar-refractivity contribution in [2.75, 3.05) is 5.32 Å². The van der Waals surface area contributed by atoms with Gasteiger partial charge in [-0.25, -0.2) is 8.78 Å². The highest BCUT2D eigenvalue weighted by Gasteiger charge is 2.25. The molecule has 144 valence electrons. The van der Waals surface area contributed by atoms with E-state index in [2.05, 4.69) is 15.6 Å². The van der Waals surface area contributed by atoms with E-state index in [0.717, 1.165) is 28.2 Å². The highest BCUT2D eigenvalue weighted by molar-refractivity contribution is 5.94. The van der Waals surface area contributed by atoms with Crippen molar-refractivity contribution in [2.24, 2.45) is 0 Å². The largest absolute Gasteiger partial charge is 0.361 e. The summed E-state index contributed by atoms with van der Waals surface area (Å²) in [6, 6.07) is 9.72. The molecule has 3 aromatic rings. The Balaban J connectivity index is 1.63. The molecule has 5 nitrogen and oxygen atoms in total. The van der Waals surface area contributed by atoms with Gasteiger partial charge in [-0.3, -0.25) is 4.79 Å². The molecule has 2 aromatic carbocycles. The van der Waals surface area contributed by atoms with Crippen molar-refractivity contribution in [1.82, 2.24) is 15.2 Å². The van der Waals surface area contributed by atoms with Gasteiger partial charge in [-0.05, 0) is 55.3 Å². The maximum atomic E-state index is 13.6. The number of carbonyl (C=O) groups is 1. The number of aryl methyl sites for hydroxylation is 1. The van der Waals surface area contributed by atoms with Crippen LogP contribution in [0.5, 0.6) is 0 Å². The number of carbonyl (C=O) groups excluding carboxylic acids is 1. The molecule has 0 fully saturated rings. The molecular weight excluding hydrogens is 362 g/mol. The molecule has 1 aliphatic rings. The molecule has 3 N–H and O–H groups in total. The van der Waals surface area contributed by atoms with E-state index in [1.165, 1.54) is 12.1 Å². The first-order chi connectivity index (χ1) is 13.4. The number of fused-ring (bicyclic) bond motifs is 1. The van der Waals surface area contributed by atoms with Crippen LogP contribution in [0.15, 0.2) is 54.4 Å². The molecule has 0 spiro atoms. The van der Waals surface area contributed by atoms with Crippen molar-refractivity contribution in [2.45, 2.75) is 26.7 Å². The van der Waals surface area contributed by atoms with Crippen LogP contribution in [-0.4, -0.2) is 22.1 Å². The molecule has 1 amide bonds. The molecule has 0 radical (unpaired) electrons. The molecule has 1 unspecified atom stereocenters. The minimum atomic E-state index is -0.891. The lowest BCUT2D eigenvalue weighted by Crippen LogP contribution is -2.54. The number of halogens is 2. The number of rotatable bonds is 4. The second-order valence-electron chi connectivity index (χ2n) is 6.93. The summed E-state index contributed by atoms with van der Waals surface area (Å²) in [4.78, 5) is 17.2. The Labute approximate surface area is 161 Å². The Morgan fingerprint density at radius 1 is 1.11 bits per heavy atom. The predicted octanol–water partition coefficient (Wildman–Crippen LogP) is 3.99. The lowest BCUT2D eigenvalue weighted by Gasteiger charge is -2.36. The highest BCUT2D eigenvalue weighted by Crippen LogP contribution is 2.26. The van der Waals surface area contributed by atoms with Crippen LogP contribution in [0.25, 0.3) is 10.9 Å². The summed E-state index contributed by atoms with van der Waals surface area (Å²) in [5.74, 6) is -1.95. The molecular formula is C21H20F2N4O. The van der Waals surface area contributed by atoms with Crippen molar-refractivity contribution < 1.29 is 13.6 Å². The maximum absolute atomic E-state index is 13.6. The first kappa shape index (κ1) is 18.0. The van der Waals surface area contributed by atoms with Gasteiger partial charge in [0.1, 0.15) is 0 Å². The number of aromatic amines is 1. The minimum absolute atomic E-state index is 0.181. The average molecular weight is 382 g/mol. The fourth-order valence-corrected chi connectivity index (χ4v) is 3.40. The van der Waals surface area contributed by atoms with Crippen molar-refractivity contribution in [1.29, 1.82) is 0 Å². The smallest absolute Gasteiger partial charge is 0.251 e. The number of anilines is 1. The van der Waals surface area contributed by atoms with E-state index in [0.29, 0.717) is 17.7 Å².